The van der Waals surface area contributed by atoms with Gasteiger partial charge in [0.1, 0.15) is 0 Å². The zero-order chi connectivity index (χ0) is 11.5. The lowest BCUT2D eigenvalue weighted by atomic mass is 10.2. The Labute approximate surface area is 109 Å². The smallest absolute Gasteiger partial charge is 0.241 e. The highest BCUT2D eigenvalue weighted by Gasteiger charge is 2.25. The average Bonchev–Trinajstić information content (AvgIpc) is 3.05. The van der Waals surface area contributed by atoms with E-state index in [0.717, 1.165) is 9.26 Å². The molecule has 0 aromatic heterocycles. The Hall–Kier alpha value is -0.620. The van der Waals surface area contributed by atoms with Gasteiger partial charge in [-0.3, -0.25) is 4.79 Å². The van der Waals surface area contributed by atoms with Crippen molar-refractivity contribution < 1.29 is 4.79 Å². The lowest BCUT2D eigenvalue weighted by Crippen LogP contribution is -2.39. The third kappa shape index (κ3) is 3.18. The Bertz CT molecular complexity index is 390. The molecule has 1 aromatic carbocycles. The van der Waals surface area contributed by atoms with Gasteiger partial charge in [0, 0.05) is 9.61 Å². The van der Waals surface area contributed by atoms with E-state index in [1.807, 2.05) is 31.2 Å². The number of nitrogens with one attached hydrogen (secondary N) is 2. The quantitative estimate of drug-likeness (QED) is 0.833. The Morgan fingerprint density at radius 1 is 1.44 bits per heavy atom. The monoisotopic (exact) mass is 330 g/mol. The first-order chi connectivity index (χ1) is 7.66. The highest BCUT2D eigenvalue weighted by Crippen LogP contribution is 2.20. The lowest BCUT2D eigenvalue weighted by molar-refractivity contribution is -0.117. The Balaban J connectivity index is 1.93. The van der Waals surface area contributed by atoms with Crippen LogP contribution in [0.1, 0.15) is 19.8 Å². The van der Waals surface area contributed by atoms with E-state index in [0.29, 0.717) is 6.04 Å². The third-order valence-electron chi connectivity index (χ3n) is 2.59. The molecule has 0 aliphatic heterocycles. The summed E-state index contributed by atoms with van der Waals surface area (Å²) < 4.78 is 1.06. The molecule has 1 saturated carbocycles. The van der Waals surface area contributed by atoms with Crippen molar-refractivity contribution in [2.24, 2.45) is 0 Å². The second-order valence-corrected chi connectivity index (χ2v) is 5.29. The second kappa shape index (κ2) is 5.14. The minimum Gasteiger partial charge on any atom is -0.324 e. The molecule has 1 amide bonds. The molecule has 0 heterocycles. The van der Waals surface area contributed by atoms with Crippen molar-refractivity contribution in [3.05, 3.63) is 27.8 Å². The molecule has 3 nitrogen and oxygen atoms in total. The second-order valence-electron chi connectivity index (χ2n) is 4.13. The number of halogens is 1. The van der Waals surface area contributed by atoms with Crippen LogP contribution in [0.5, 0.6) is 0 Å². The maximum absolute atomic E-state index is 11.9. The molecular weight excluding hydrogens is 315 g/mol. The molecule has 0 spiro atoms. The van der Waals surface area contributed by atoms with Crippen LogP contribution in [-0.4, -0.2) is 18.0 Å². The van der Waals surface area contributed by atoms with Crippen LogP contribution in [0.4, 0.5) is 5.69 Å². The van der Waals surface area contributed by atoms with Crippen molar-refractivity contribution in [3.63, 3.8) is 0 Å². The van der Waals surface area contributed by atoms with Gasteiger partial charge in [-0.15, -0.1) is 0 Å². The van der Waals surface area contributed by atoms with Gasteiger partial charge >= 0.3 is 0 Å². The molecule has 1 aromatic rings. The summed E-state index contributed by atoms with van der Waals surface area (Å²) in [6.45, 7) is 1.91. The number of amides is 1. The first kappa shape index (κ1) is 11.9. The van der Waals surface area contributed by atoms with Gasteiger partial charge in [-0.2, -0.15) is 0 Å². The number of carbonyl (C=O) groups excluding carboxylic acids is 1. The molecule has 4 heteroatoms. The van der Waals surface area contributed by atoms with E-state index in [1.54, 1.807) is 0 Å². The maximum Gasteiger partial charge on any atom is 0.241 e. The zero-order valence-corrected chi connectivity index (χ0v) is 11.3. The fourth-order valence-corrected chi connectivity index (χ4v) is 2.01. The van der Waals surface area contributed by atoms with Crippen molar-refractivity contribution >= 4 is 34.2 Å². The molecule has 16 heavy (non-hydrogen) atoms. The summed E-state index contributed by atoms with van der Waals surface area (Å²) >= 11 is 2.22. The fraction of sp³-hybridized carbons (Fsp3) is 0.417. The van der Waals surface area contributed by atoms with Crippen LogP contribution in [0.2, 0.25) is 0 Å². The predicted octanol–water partition coefficient (Wildman–Crippen LogP) is 2.37. The van der Waals surface area contributed by atoms with E-state index in [9.17, 15) is 4.79 Å². The number of anilines is 1. The van der Waals surface area contributed by atoms with Crippen molar-refractivity contribution in [1.29, 1.82) is 0 Å². The minimum atomic E-state index is -0.122. The Morgan fingerprint density at radius 2 is 2.12 bits per heavy atom. The van der Waals surface area contributed by atoms with E-state index in [4.69, 9.17) is 0 Å². The molecular formula is C12H15IN2O. The molecule has 1 aliphatic carbocycles. The number of rotatable bonds is 4. The molecule has 0 bridgehead atoms. The summed E-state index contributed by atoms with van der Waals surface area (Å²) in [6.07, 6.45) is 2.39. The van der Waals surface area contributed by atoms with E-state index in [2.05, 4.69) is 33.2 Å². The molecule has 0 saturated heterocycles. The molecule has 0 radical (unpaired) electrons. The summed E-state index contributed by atoms with van der Waals surface area (Å²) in [5, 5.41) is 6.21. The van der Waals surface area contributed by atoms with Crippen molar-refractivity contribution in [2.75, 3.05) is 5.32 Å². The lowest BCUT2D eigenvalue weighted by Gasteiger charge is -2.14. The fourth-order valence-electron chi connectivity index (χ4n) is 1.48. The molecule has 2 rings (SSSR count). The number of benzene rings is 1. The number of hydrogen-bond acceptors (Lipinski definition) is 2. The summed E-state index contributed by atoms with van der Waals surface area (Å²) in [4.78, 5) is 11.9. The van der Waals surface area contributed by atoms with Gasteiger partial charge in [0.25, 0.3) is 0 Å². The molecule has 1 aliphatic rings. The molecule has 86 valence electrons. The van der Waals surface area contributed by atoms with Crippen molar-refractivity contribution in [1.82, 2.24) is 5.32 Å². The minimum absolute atomic E-state index is 0.0380. The molecule has 1 unspecified atom stereocenters. The summed E-state index contributed by atoms with van der Waals surface area (Å²) in [6, 6.07) is 8.22. The highest BCUT2D eigenvalue weighted by atomic mass is 127. The maximum atomic E-state index is 11.9. The normalized spacial score (nSPS) is 16.9. The van der Waals surface area contributed by atoms with Gasteiger partial charge in [-0.1, -0.05) is 12.1 Å². The van der Waals surface area contributed by atoms with E-state index >= 15 is 0 Å². The summed E-state index contributed by atoms with van der Waals surface area (Å²) in [5.41, 5.74) is 0.887. The van der Waals surface area contributed by atoms with Gasteiger partial charge in [0.15, 0.2) is 0 Å². The van der Waals surface area contributed by atoms with Crippen LogP contribution < -0.4 is 10.6 Å². The van der Waals surface area contributed by atoms with Crippen LogP contribution >= 0.6 is 22.6 Å². The first-order valence-corrected chi connectivity index (χ1v) is 6.56. The zero-order valence-electron chi connectivity index (χ0n) is 9.16. The molecule has 2 N–H and O–H groups in total. The van der Waals surface area contributed by atoms with Crippen molar-refractivity contribution in [2.45, 2.75) is 31.8 Å². The number of para-hydroxylation sites is 1. The standard InChI is InChI=1S/C12H15IN2O/c1-8(14-9-6-7-9)12(16)15-11-5-3-2-4-10(11)13/h2-5,8-9,14H,6-7H2,1H3,(H,15,16). The van der Waals surface area contributed by atoms with Gasteiger partial charge in [-0.05, 0) is 54.5 Å². The summed E-state index contributed by atoms with van der Waals surface area (Å²) in [7, 11) is 0. The average molecular weight is 330 g/mol. The summed E-state index contributed by atoms with van der Waals surface area (Å²) in [5.74, 6) is 0.0380. The van der Waals surface area contributed by atoms with E-state index in [-0.39, 0.29) is 11.9 Å². The van der Waals surface area contributed by atoms with Crippen LogP contribution in [0.3, 0.4) is 0 Å². The van der Waals surface area contributed by atoms with Crippen LogP contribution in [0.15, 0.2) is 24.3 Å². The SMILES string of the molecule is CC(NC1CC1)C(=O)Nc1ccccc1I. The predicted molar refractivity (Wildman–Crippen MR) is 73.4 cm³/mol. The largest absolute Gasteiger partial charge is 0.324 e. The van der Waals surface area contributed by atoms with Crippen LogP contribution in [0, 0.1) is 3.57 Å². The van der Waals surface area contributed by atoms with Crippen molar-refractivity contribution in [3.8, 4) is 0 Å². The first-order valence-electron chi connectivity index (χ1n) is 5.48. The number of hydrogen-bond donors (Lipinski definition) is 2. The molecule has 1 atom stereocenters. The Kier molecular flexibility index (Phi) is 3.81. The molecule has 1 fully saturated rings. The van der Waals surface area contributed by atoms with Gasteiger partial charge in [0.05, 0.1) is 11.7 Å². The number of carbonyl (C=O) groups is 1. The Morgan fingerprint density at radius 3 is 2.75 bits per heavy atom. The van der Waals surface area contributed by atoms with Gasteiger partial charge < -0.3 is 10.6 Å². The topological polar surface area (TPSA) is 41.1 Å². The van der Waals surface area contributed by atoms with Gasteiger partial charge in [0.2, 0.25) is 5.91 Å². The third-order valence-corrected chi connectivity index (χ3v) is 3.53. The van der Waals surface area contributed by atoms with E-state index < -0.39 is 0 Å². The van der Waals surface area contributed by atoms with Gasteiger partial charge in [-0.25, -0.2) is 0 Å². The van der Waals surface area contributed by atoms with Crippen LogP contribution in [0.25, 0.3) is 0 Å². The van der Waals surface area contributed by atoms with E-state index in [1.165, 1.54) is 12.8 Å². The highest BCUT2D eigenvalue weighted by molar-refractivity contribution is 14.1. The van der Waals surface area contributed by atoms with Crippen LogP contribution in [-0.2, 0) is 4.79 Å².